The third kappa shape index (κ3) is 6.44. The molecule has 0 aliphatic heterocycles. The second kappa shape index (κ2) is 11.4. The molecule has 0 saturated carbocycles. The Balaban J connectivity index is 1.68. The maximum absolute atomic E-state index is 12.7. The Kier molecular flexibility index (Phi) is 8.38. The molecule has 7 nitrogen and oxygen atoms in total. The van der Waals surface area contributed by atoms with Crippen molar-refractivity contribution in [3.8, 4) is 17.2 Å². The largest absolute Gasteiger partial charge is 0.493 e. The second-order valence-corrected chi connectivity index (χ2v) is 9.11. The predicted molar refractivity (Wildman–Crippen MR) is 143 cm³/mol. The lowest BCUT2D eigenvalue weighted by Gasteiger charge is -2.19. The average molecular weight is 489 g/mol. The summed E-state index contributed by atoms with van der Waals surface area (Å²) in [6.45, 7) is 6.38. The van der Waals surface area contributed by atoms with Gasteiger partial charge in [-0.2, -0.15) is 0 Å². The van der Waals surface area contributed by atoms with Crippen LogP contribution in [0.3, 0.4) is 0 Å². The van der Waals surface area contributed by atoms with Crippen LogP contribution in [0.5, 0.6) is 17.2 Å². The molecule has 0 aliphatic carbocycles. The first kappa shape index (κ1) is 26.3. The molecular formula is C29H32N2O5. The van der Waals surface area contributed by atoms with E-state index in [-0.39, 0.29) is 17.2 Å². The molecule has 2 amide bonds. The van der Waals surface area contributed by atoms with Crippen LogP contribution >= 0.6 is 0 Å². The Hall–Kier alpha value is -4.26. The van der Waals surface area contributed by atoms with Crippen molar-refractivity contribution in [1.29, 1.82) is 0 Å². The fourth-order valence-electron chi connectivity index (χ4n) is 3.60. The zero-order valence-electron chi connectivity index (χ0n) is 21.5. The molecule has 0 heterocycles. The summed E-state index contributed by atoms with van der Waals surface area (Å²) in [5, 5.41) is 5.68. The standard InChI is InChI=1S/C29H32N2O5/c1-29(2,3)21-14-10-20(11-15-21)28(33)31-23-9-7-8-22(18-23)30-25(32)17-13-19-12-16-24(34-4)27(36-6)26(19)35-5/h7-18H,1-6H3,(H,30,32)(H,31,33)/b17-13+. The van der Waals surface area contributed by atoms with Crippen LogP contribution in [0.1, 0.15) is 42.3 Å². The maximum Gasteiger partial charge on any atom is 0.255 e. The van der Waals surface area contributed by atoms with E-state index < -0.39 is 0 Å². The van der Waals surface area contributed by atoms with Gasteiger partial charge in [0.25, 0.3) is 5.91 Å². The van der Waals surface area contributed by atoms with Crippen molar-refractivity contribution in [3.63, 3.8) is 0 Å². The second-order valence-electron chi connectivity index (χ2n) is 9.11. The van der Waals surface area contributed by atoms with Crippen LogP contribution < -0.4 is 24.8 Å². The smallest absolute Gasteiger partial charge is 0.255 e. The number of methoxy groups -OCH3 is 3. The predicted octanol–water partition coefficient (Wildman–Crippen LogP) is 5.91. The van der Waals surface area contributed by atoms with E-state index in [0.717, 1.165) is 5.56 Å². The third-order valence-electron chi connectivity index (χ3n) is 5.55. The minimum Gasteiger partial charge on any atom is -0.493 e. The summed E-state index contributed by atoms with van der Waals surface area (Å²) < 4.78 is 16.1. The highest BCUT2D eigenvalue weighted by molar-refractivity contribution is 6.05. The maximum atomic E-state index is 12.7. The van der Waals surface area contributed by atoms with E-state index in [2.05, 4.69) is 31.4 Å². The lowest BCUT2D eigenvalue weighted by atomic mass is 9.87. The molecule has 3 aromatic rings. The molecule has 0 atom stereocenters. The van der Waals surface area contributed by atoms with Crippen LogP contribution in [0.25, 0.3) is 6.08 Å². The number of hydrogen-bond acceptors (Lipinski definition) is 5. The molecule has 2 N–H and O–H groups in total. The van der Waals surface area contributed by atoms with Gasteiger partial charge >= 0.3 is 0 Å². The van der Waals surface area contributed by atoms with Gasteiger partial charge in [-0.15, -0.1) is 0 Å². The highest BCUT2D eigenvalue weighted by atomic mass is 16.5. The van der Waals surface area contributed by atoms with Gasteiger partial charge in [0.15, 0.2) is 11.5 Å². The first-order chi connectivity index (χ1) is 17.2. The fourth-order valence-corrected chi connectivity index (χ4v) is 3.60. The summed E-state index contributed by atoms with van der Waals surface area (Å²) >= 11 is 0. The number of amides is 2. The number of hydrogen-bond donors (Lipinski definition) is 2. The molecule has 36 heavy (non-hydrogen) atoms. The topological polar surface area (TPSA) is 85.9 Å². The molecule has 0 radical (unpaired) electrons. The molecule has 0 saturated heterocycles. The molecule has 0 aliphatic rings. The Morgan fingerprint density at radius 2 is 1.42 bits per heavy atom. The molecule has 188 valence electrons. The van der Waals surface area contributed by atoms with Gasteiger partial charge in [0.05, 0.1) is 21.3 Å². The summed E-state index contributed by atoms with van der Waals surface area (Å²) in [6.07, 6.45) is 3.02. The van der Waals surface area contributed by atoms with Crippen molar-refractivity contribution in [2.45, 2.75) is 26.2 Å². The molecule has 7 heteroatoms. The summed E-state index contributed by atoms with van der Waals surface area (Å²) in [6, 6.07) is 18.0. The zero-order valence-corrected chi connectivity index (χ0v) is 21.5. The van der Waals surface area contributed by atoms with E-state index in [1.165, 1.54) is 20.3 Å². The fraction of sp³-hybridized carbons (Fsp3) is 0.241. The zero-order chi connectivity index (χ0) is 26.3. The minimum absolute atomic E-state index is 0.0145. The van der Waals surface area contributed by atoms with Crippen LogP contribution in [0.4, 0.5) is 11.4 Å². The molecule has 0 aromatic heterocycles. The van der Waals surface area contributed by atoms with E-state index in [9.17, 15) is 9.59 Å². The average Bonchev–Trinajstić information content (AvgIpc) is 2.86. The summed E-state index contributed by atoms with van der Waals surface area (Å²) in [7, 11) is 4.58. The molecular weight excluding hydrogens is 456 g/mol. The molecule has 0 bridgehead atoms. The van der Waals surface area contributed by atoms with E-state index in [0.29, 0.717) is 39.8 Å². The number of ether oxygens (including phenoxy) is 3. The van der Waals surface area contributed by atoms with Gasteiger partial charge in [-0.1, -0.05) is 39.0 Å². The van der Waals surface area contributed by atoms with E-state index >= 15 is 0 Å². The molecule has 0 fully saturated rings. The Bertz CT molecular complexity index is 1260. The van der Waals surface area contributed by atoms with Gasteiger partial charge in [0, 0.05) is 28.6 Å². The van der Waals surface area contributed by atoms with Gasteiger partial charge in [-0.3, -0.25) is 9.59 Å². The number of benzene rings is 3. The number of carbonyl (C=O) groups excluding carboxylic acids is 2. The summed E-state index contributed by atoms with van der Waals surface area (Å²) in [4.78, 5) is 25.2. The number of rotatable bonds is 8. The van der Waals surface area contributed by atoms with Crippen LogP contribution in [0.2, 0.25) is 0 Å². The first-order valence-electron chi connectivity index (χ1n) is 11.5. The first-order valence-corrected chi connectivity index (χ1v) is 11.5. The van der Waals surface area contributed by atoms with Crippen LogP contribution in [0, 0.1) is 0 Å². The lowest BCUT2D eigenvalue weighted by molar-refractivity contribution is -0.111. The molecule has 0 unspecified atom stereocenters. The quantitative estimate of drug-likeness (QED) is 0.385. The molecule has 3 rings (SSSR count). The van der Waals surface area contributed by atoms with Crippen molar-refractivity contribution in [1.82, 2.24) is 0 Å². The van der Waals surface area contributed by atoms with Crippen molar-refractivity contribution in [3.05, 3.63) is 83.4 Å². The van der Waals surface area contributed by atoms with Crippen molar-refractivity contribution >= 4 is 29.3 Å². The number of nitrogens with one attached hydrogen (secondary N) is 2. The Morgan fingerprint density at radius 3 is 2.00 bits per heavy atom. The monoisotopic (exact) mass is 488 g/mol. The highest BCUT2D eigenvalue weighted by Gasteiger charge is 2.15. The number of anilines is 2. The van der Waals surface area contributed by atoms with Crippen LogP contribution in [-0.4, -0.2) is 33.1 Å². The van der Waals surface area contributed by atoms with Gasteiger partial charge in [0.1, 0.15) is 0 Å². The van der Waals surface area contributed by atoms with E-state index in [4.69, 9.17) is 14.2 Å². The van der Waals surface area contributed by atoms with E-state index in [1.54, 1.807) is 49.6 Å². The van der Waals surface area contributed by atoms with Gasteiger partial charge in [-0.05, 0) is 59.5 Å². The van der Waals surface area contributed by atoms with Crippen LogP contribution in [-0.2, 0) is 10.2 Å². The third-order valence-corrected chi connectivity index (χ3v) is 5.55. The van der Waals surface area contributed by atoms with Gasteiger partial charge in [-0.25, -0.2) is 0 Å². The summed E-state index contributed by atoms with van der Waals surface area (Å²) in [5.74, 6) is 0.868. The molecule has 0 spiro atoms. The Labute approximate surface area is 212 Å². The highest BCUT2D eigenvalue weighted by Crippen LogP contribution is 2.40. The van der Waals surface area contributed by atoms with Crippen molar-refractivity contribution in [2.24, 2.45) is 0 Å². The van der Waals surface area contributed by atoms with Gasteiger partial charge in [0.2, 0.25) is 11.7 Å². The molecule has 3 aromatic carbocycles. The summed E-state index contributed by atoms with van der Waals surface area (Å²) in [5.41, 5.74) is 3.50. The lowest BCUT2D eigenvalue weighted by Crippen LogP contribution is -2.14. The van der Waals surface area contributed by atoms with E-state index in [1.807, 2.05) is 24.3 Å². The van der Waals surface area contributed by atoms with Crippen LogP contribution in [0.15, 0.2) is 66.7 Å². The normalized spacial score (nSPS) is 11.2. The number of carbonyl (C=O) groups is 2. The Morgan fingerprint density at radius 1 is 0.778 bits per heavy atom. The minimum atomic E-state index is -0.340. The van der Waals surface area contributed by atoms with Crippen molar-refractivity contribution < 1.29 is 23.8 Å². The van der Waals surface area contributed by atoms with Gasteiger partial charge < -0.3 is 24.8 Å². The van der Waals surface area contributed by atoms with Crippen molar-refractivity contribution in [2.75, 3.05) is 32.0 Å². The SMILES string of the molecule is COc1ccc(/C=C/C(=O)Nc2cccc(NC(=O)c3ccc(C(C)(C)C)cc3)c2)c(OC)c1OC.